The van der Waals surface area contributed by atoms with Gasteiger partial charge in [0.1, 0.15) is 11.4 Å². The number of pyridine rings is 1. The highest BCUT2D eigenvalue weighted by atomic mass is 16.5. The smallest absolute Gasteiger partial charge is 0.288 e. The van der Waals surface area contributed by atoms with Crippen LogP contribution in [0.25, 0.3) is 10.9 Å². The lowest BCUT2D eigenvalue weighted by Crippen LogP contribution is -2.42. The third-order valence-electron chi connectivity index (χ3n) is 3.65. The average Bonchev–Trinajstić information content (AvgIpc) is 2.65. The largest absolute Gasteiger partial charge is 0.497 e. The third-order valence-corrected chi connectivity index (χ3v) is 3.65. The summed E-state index contributed by atoms with van der Waals surface area (Å²) in [4.78, 5) is 28.4. The molecular formula is C19H17N3O3. The Morgan fingerprint density at radius 1 is 1.00 bits per heavy atom. The van der Waals surface area contributed by atoms with Gasteiger partial charge in [-0.1, -0.05) is 36.4 Å². The Morgan fingerprint density at radius 3 is 2.68 bits per heavy atom. The number of hydrazine groups is 1. The fourth-order valence-electron chi connectivity index (χ4n) is 2.40. The van der Waals surface area contributed by atoms with Gasteiger partial charge < -0.3 is 4.74 Å². The van der Waals surface area contributed by atoms with Crippen molar-refractivity contribution in [1.82, 2.24) is 15.8 Å². The number of ether oxygens (including phenoxy) is 1. The van der Waals surface area contributed by atoms with Gasteiger partial charge in [0, 0.05) is 5.39 Å². The summed E-state index contributed by atoms with van der Waals surface area (Å²) in [7, 11) is 1.57. The van der Waals surface area contributed by atoms with Crippen molar-refractivity contribution >= 4 is 22.7 Å². The highest BCUT2D eigenvalue weighted by Crippen LogP contribution is 2.13. The summed E-state index contributed by atoms with van der Waals surface area (Å²) < 4.78 is 5.12. The lowest BCUT2D eigenvalue weighted by molar-refractivity contribution is -0.121. The van der Waals surface area contributed by atoms with E-state index in [1.165, 1.54) is 0 Å². The molecule has 1 aromatic heterocycles. The average molecular weight is 335 g/mol. The van der Waals surface area contributed by atoms with Crippen molar-refractivity contribution in [2.75, 3.05) is 7.11 Å². The number of benzene rings is 2. The lowest BCUT2D eigenvalue weighted by Gasteiger charge is -2.08. The summed E-state index contributed by atoms with van der Waals surface area (Å²) in [6, 6.07) is 18.1. The van der Waals surface area contributed by atoms with Crippen molar-refractivity contribution in [2.24, 2.45) is 0 Å². The number of carbonyl (C=O) groups excluding carboxylic acids is 2. The molecule has 0 radical (unpaired) electrons. The molecule has 0 saturated carbocycles. The standard InChI is InChI=1S/C19H17N3O3/c1-25-15-7-4-5-13(11-15)12-18(23)21-22-19(24)17-10-9-14-6-2-3-8-16(14)20-17/h2-11H,12H2,1H3,(H,21,23)(H,22,24). The summed E-state index contributed by atoms with van der Waals surface area (Å²) in [6.07, 6.45) is 0.128. The molecule has 3 aromatic rings. The zero-order chi connectivity index (χ0) is 17.6. The van der Waals surface area contributed by atoms with Crippen molar-refractivity contribution in [3.05, 3.63) is 71.9 Å². The Kier molecular flexibility index (Phi) is 4.89. The molecule has 2 aromatic carbocycles. The Labute approximate surface area is 144 Å². The molecule has 1 heterocycles. The van der Waals surface area contributed by atoms with Crippen molar-refractivity contribution in [2.45, 2.75) is 6.42 Å². The number of carbonyl (C=O) groups is 2. The van der Waals surface area contributed by atoms with E-state index in [9.17, 15) is 9.59 Å². The maximum absolute atomic E-state index is 12.1. The van der Waals surface area contributed by atoms with E-state index in [0.717, 1.165) is 16.5 Å². The van der Waals surface area contributed by atoms with Crippen LogP contribution in [0.15, 0.2) is 60.7 Å². The molecule has 6 heteroatoms. The van der Waals surface area contributed by atoms with Gasteiger partial charge in [-0.05, 0) is 29.8 Å². The number of rotatable bonds is 4. The van der Waals surface area contributed by atoms with Crippen LogP contribution in [-0.2, 0) is 11.2 Å². The third kappa shape index (κ3) is 4.11. The summed E-state index contributed by atoms with van der Waals surface area (Å²) in [5.41, 5.74) is 6.52. The van der Waals surface area contributed by atoms with Crippen LogP contribution in [0.2, 0.25) is 0 Å². The van der Waals surface area contributed by atoms with Crippen LogP contribution < -0.4 is 15.6 Å². The Morgan fingerprint density at radius 2 is 1.84 bits per heavy atom. The normalized spacial score (nSPS) is 10.3. The molecule has 0 spiro atoms. The van der Waals surface area contributed by atoms with E-state index in [0.29, 0.717) is 5.75 Å². The molecule has 25 heavy (non-hydrogen) atoms. The number of aromatic nitrogens is 1. The van der Waals surface area contributed by atoms with E-state index in [-0.39, 0.29) is 18.0 Å². The monoisotopic (exact) mass is 335 g/mol. The van der Waals surface area contributed by atoms with Crippen LogP contribution in [0.1, 0.15) is 16.1 Å². The SMILES string of the molecule is COc1cccc(CC(=O)NNC(=O)c2ccc3ccccc3n2)c1. The molecule has 6 nitrogen and oxygen atoms in total. The van der Waals surface area contributed by atoms with Crippen molar-refractivity contribution in [1.29, 1.82) is 0 Å². The molecule has 2 N–H and O–H groups in total. The summed E-state index contributed by atoms with van der Waals surface area (Å²) in [6.45, 7) is 0. The van der Waals surface area contributed by atoms with Crippen LogP contribution >= 0.6 is 0 Å². The Bertz CT molecular complexity index is 924. The van der Waals surface area contributed by atoms with Crippen molar-refractivity contribution in [3.63, 3.8) is 0 Å². The van der Waals surface area contributed by atoms with Gasteiger partial charge in [0.25, 0.3) is 5.91 Å². The number of para-hydroxylation sites is 1. The zero-order valence-corrected chi connectivity index (χ0v) is 13.7. The molecule has 3 rings (SSSR count). The molecular weight excluding hydrogens is 318 g/mol. The predicted molar refractivity (Wildman–Crippen MR) is 94.0 cm³/mol. The van der Waals surface area contributed by atoms with E-state index in [1.807, 2.05) is 36.4 Å². The first-order chi connectivity index (χ1) is 12.2. The van der Waals surface area contributed by atoms with Gasteiger partial charge in [0.2, 0.25) is 5.91 Å². The minimum Gasteiger partial charge on any atom is -0.497 e. The number of nitrogens with one attached hydrogen (secondary N) is 2. The van der Waals surface area contributed by atoms with Gasteiger partial charge in [-0.2, -0.15) is 0 Å². The highest BCUT2D eigenvalue weighted by Gasteiger charge is 2.10. The molecule has 2 amide bonds. The Hall–Kier alpha value is -3.41. The number of hydrogen-bond donors (Lipinski definition) is 2. The van der Waals surface area contributed by atoms with Crippen molar-refractivity contribution in [3.8, 4) is 5.75 Å². The number of methoxy groups -OCH3 is 1. The molecule has 0 unspecified atom stereocenters. The van der Waals surface area contributed by atoms with Gasteiger partial charge >= 0.3 is 0 Å². The van der Waals surface area contributed by atoms with Crippen LogP contribution in [0.5, 0.6) is 5.75 Å². The van der Waals surface area contributed by atoms with E-state index in [4.69, 9.17) is 4.74 Å². The number of fused-ring (bicyclic) bond motifs is 1. The van der Waals surface area contributed by atoms with E-state index >= 15 is 0 Å². The molecule has 0 fully saturated rings. The van der Waals surface area contributed by atoms with Crippen molar-refractivity contribution < 1.29 is 14.3 Å². The van der Waals surface area contributed by atoms with E-state index < -0.39 is 5.91 Å². The number of nitrogens with zero attached hydrogens (tertiary/aromatic N) is 1. The first-order valence-electron chi connectivity index (χ1n) is 7.73. The number of hydrogen-bond acceptors (Lipinski definition) is 4. The van der Waals surface area contributed by atoms with Crippen LogP contribution in [-0.4, -0.2) is 23.9 Å². The zero-order valence-electron chi connectivity index (χ0n) is 13.7. The predicted octanol–water partition coefficient (Wildman–Crippen LogP) is 2.25. The van der Waals surface area contributed by atoms with Crippen LogP contribution in [0, 0.1) is 0 Å². The molecule has 0 aliphatic heterocycles. The second-order valence-electron chi connectivity index (χ2n) is 5.42. The summed E-state index contributed by atoms with van der Waals surface area (Å²) in [5.74, 6) is -0.123. The number of amides is 2. The maximum atomic E-state index is 12.1. The van der Waals surface area contributed by atoms with Crippen LogP contribution in [0.4, 0.5) is 0 Å². The maximum Gasteiger partial charge on any atom is 0.288 e. The highest BCUT2D eigenvalue weighted by molar-refractivity contribution is 5.96. The quantitative estimate of drug-likeness (QED) is 0.717. The fourth-order valence-corrected chi connectivity index (χ4v) is 2.40. The minimum absolute atomic E-state index is 0.128. The second-order valence-corrected chi connectivity index (χ2v) is 5.42. The molecule has 126 valence electrons. The Balaban J connectivity index is 1.59. The minimum atomic E-state index is -0.468. The molecule has 0 saturated heterocycles. The molecule has 0 atom stereocenters. The van der Waals surface area contributed by atoms with E-state index in [2.05, 4.69) is 15.8 Å². The van der Waals surface area contributed by atoms with Gasteiger partial charge in [-0.25, -0.2) is 4.98 Å². The van der Waals surface area contributed by atoms with E-state index in [1.54, 1.807) is 31.4 Å². The van der Waals surface area contributed by atoms with Gasteiger partial charge in [-0.3, -0.25) is 20.4 Å². The molecule has 0 bridgehead atoms. The first kappa shape index (κ1) is 16.4. The lowest BCUT2D eigenvalue weighted by atomic mass is 10.1. The van der Waals surface area contributed by atoms with Gasteiger partial charge in [-0.15, -0.1) is 0 Å². The summed E-state index contributed by atoms with van der Waals surface area (Å²) in [5, 5.41) is 0.945. The molecule has 0 aliphatic carbocycles. The summed E-state index contributed by atoms with van der Waals surface area (Å²) >= 11 is 0. The topological polar surface area (TPSA) is 80.3 Å². The first-order valence-corrected chi connectivity index (χ1v) is 7.73. The van der Waals surface area contributed by atoms with Gasteiger partial charge in [0.05, 0.1) is 19.0 Å². The van der Waals surface area contributed by atoms with Crippen LogP contribution in [0.3, 0.4) is 0 Å². The fraction of sp³-hybridized carbons (Fsp3) is 0.105. The van der Waals surface area contributed by atoms with Gasteiger partial charge in [0.15, 0.2) is 0 Å². The molecule has 0 aliphatic rings. The second kappa shape index (κ2) is 7.44.